The van der Waals surface area contributed by atoms with Crippen molar-refractivity contribution in [2.75, 3.05) is 40.5 Å². The summed E-state index contributed by atoms with van der Waals surface area (Å²) in [5.74, 6) is 1.74. The zero-order chi connectivity index (χ0) is 41.4. The zero-order valence-corrected chi connectivity index (χ0v) is 38.4. The van der Waals surface area contributed by atoms with Crippen molar-refractivity contribution in [3.63, 3.8) is 0 Å². The van der Waals surface area contributed by atoms with Crippen LogP contribution in [-0.2, 0) is 28.6 Å². The average Bonchev–Trinajstić information content (AvgIpc) is 3.35. The Morgan fingerprint density at radius 3 is 1.23 bits per heavy atom. The molecule has 0 radical (unpaired) electrons. The van der Waals surface area contributed by atoms with Crippen LogP contribution in [0.2, 0.25) is 0 Å². The first-order valence-electron chi connectivity index (χ1n) is 24.6. The van der Waals surface area contributed by atoms with Gasteiger partial charge in [0, 0.05) is 25.8 Å². The predicted octanol–water partition coefficient (Wildman–Crippen LogP) is 13.2. The van der Waals surface area contributed by atoms with Gasteiger partial charge >= 0.3 is 17.9 Å². The van der Waals surface area contributed by atoms with E-state index >= 15 is 0 Å². The fourth-order valence-electron chi connectivity index (χ4n) is 11.8. The topological polar surface area (TPSA) is 82.1 Å². The molecule has 0 aliphatic heterocycles. The molecule has 0 N–H and O–H groups in total. The summed E-state index contributed by atoms with van der Waals surface area (Å²) in [5, 5.41) is 0. The van der Waals surface area contributed by atoms with Gasteiger partial charge in [-0.3, -0.25) is 14.4 Å². The minimum Gasteiger partial charge on any atom is -0.466 e. The van der Waals surface area contributed by atoms with Crippen LogP contribution in [0.5, 0.6) is 0 Å². The summed E-state index contributed by atoms with van der Waals surface area (Å²) < 4.78 is 17.6. The summed E-state index contributed by atoms with van der Waals surface area (Å²) in [5.41, 5.74) is 0.257. The van der Waals surface area contributed by atoms with Gasteiger partial charge in [0.05, 0.1) is 13.2 Å². The summed E-state index contributed by atoms with van der Waals surface area (Å²) in [6.45, 7) is 11.3. The molecule has 0 spiro atoms. The highest BCUT2D eigenvalue weighted by atomic mass is 16.5. The van der Waals surface area contributed by atoms with Crippen molar-refractivity contribution in [1.82, 2.24) is 4.90 Å². The number of fused-ring (bicyclic) bond motifs is 1. The number of hydrogen-bond acceptors (Lipinski definition) is 7. The van der Waals surface area contributed by atoms with Crippen LogP contribution in [0.25, 0.3) is 0 Å². The van der Waals surface area contributed by atoms with Crippen molar-refractivity contribution >= 4 is 17.9 Å². The van der Waals surface area contributed by atoms with E-state index in [9.17, 15) is 14.4 Å². The van der Waals surface area contributed by atoms with Crippen molar-refractivity contribution in [1.29, 1.82) is 0 Å². The molecule has 0 heterocycles. The van der Waals surface area contributed by atoms with Gasteiger partial charge in [0.2, 0.25) is 0 Å². The van der Waals surface area contributed by atoms with E-state index in [0.717, 1.165) is 83.6 Å². The summed E-state index contributed by atoms with van der Waals surface area (Å²) in [6, 6.07) is 0. The predicted molar refractivity (Wildman–Crippen MR) is 235 cm³/mol. The van der Waals surface area contributed by atoms with Crippen molar-refractivity contribution < 1.29 is 28.6 Å². The van der Waals surface area contributed by atoms with E-state index in [1.807, 2.05) is 19.0 Å². The first-order valence-corrected chi connectivity index (χ1v) is 24.6. The van der Waals surface area contributed by atoms with Gasteiger partial charge in [-0.1, -0.05) is 130 Å². The molecule has 4 unspecified atom stereocenters. The molecule has 57 heavy (non-hydrogen) atoms. The highest BCUT2D eigenvalue weighted by Crippen LogP contribution is 2.69. The lowest BCUT2D eigenvalue weighted by molar-refractivity contribution is -0.146. The van der Waals surface area contributed by atoms with Crippen molar-refractivity contribution in [3.05, 3.63) is 0 Å². The Kier molecular flexibility index (Phi) is 23.8. The number of hydrogen-bond donors (Lipinski definition) is 0. The molecule has 4 bridgehead atoms. The molecule has 0 amide bonds. The lowest BCUT2D eigenvalue weighted by Crippen LogP contribution is -2.46. The second-order valence-corrected chi connectivity index (χ2v) is 20.1. The maximum Gasteiger partial charge on any atom is 0.305 e. The maximum absolute atomic E-state index is 13.4. The summed E-state index contributed by atoms with van der Waals surface area (Å²) >= 11 is 0. The van der Waals surface area contributed by atoms with Gasteiger partial charge < -0.3 is 19.1 Å². The summed E-state index contributed by atoms with van der Waals surface area (Å²) in [4.78, 5) is 41.7. The molecule has 0 aromatic rings. The van der Waals surface area contributed by atoms with Crippen LogP contribution in [0.3, 0.4) is 0 Å². The second kappa shape index (κ2) is 27.3. The molecule has 0 aromatic carbocycles. The molecule has 7 nitrogen and oxygen atoms in total. The highest BCUT2D eigenvalue weighted by Gasteiger charge is 2.58. The molecule has 4 atom stereocenters. The number of esters is 3. The quantitative estimate of drug-likeness (QED) is 0.0364. The number of nitrogens with zero attached hydrogens (tertiary/aromatic N) is 1. The molecular formula is C50H91NO6. The van der Waals surface area contributed by atoms with E-state index < -0.39 is 0 Å². The molecule has 332 valence electrons. The van der Waals surface area contributed by atoms with Crippen molar-refractivity contribution in [2.45, 2.75) is 227 Å². The average molecular weight is 802 g/mol. The zero-order valence-electron chi connectivity index (χ0n) is 38.4. The van der Waals surface area contributed by atoms with Crippen LogP contribution in [-0.4, -0.2) is 63.3 Å². The van der Waals surface area contributed by atoms with E-state index in [2.05, 4.69) is 27.7 Å². The molecule has 0 aromatic heterocycles. The number of carbonyl (C=O) groups is 3. The van der Waals surface area contributed by atoms with E-state index in [0.29, 0.717) is 56.8 Å². The SMILES string of the molecule is CCCCCC(CCCCC)CCOC(=O)CCC12CCC3(CCC(=O)OCCN(C)C)CC(C1)CC(CCC(=O)OCCC(CCCCC)CCCCC)(C2)C3. The van der Waals surface area contributed by atoms with Gasteiger partial charge in [0.1, 0.15) is 6.61 Å². The highest BCUT2D eigenvalue weighted by molar-refractivity contribution is 5.70. The molecule has 4 aliphatic carbocycles. The number of carbonyl (C=O) groups excluding carboxylic acids is 3. The number of likely N-dealkylation sites (N-methyl/N-ethyl adjacent to an activating group) is 1. The fourth-order valence-corrected chi connectivity index (χ4v) is 11.8. The van der Waals surface area contributed by atoms with Crippen LogP contribution in [0.1, 0.15) is 227 Å². The second-order valence-electron chi connectivity index (χ2n) is 20.1. The number of rotatable bonds is 34. The first-order chi connectivity index (χ1) is 27.5. The van der Waals surface area contributed by atoms with Gasteiger partial charge in [-0.2, -0.15) is 0 Å². The third-order valence-corrected chi connectivity index (χ3v) is 14.7. The Morgan fingerprint density at radius 2 is 0.860 bits per heavy atom. The Balaban J connectivity index is 1.63. The maximum atomic E-state index is 13.4. The minimum atomic E-state index is -0.0827. The normalized spacial score (nSPS) is 24.1. The van der Waals surface area contributed by atoms with E-state index in [-0.39, 0.29) is 34.2 Å². The molecule has 4 aliphatic rings. The Morgan fingerprint density at radius 1 is 0.509 bits per heavy atom. The standard InChI is InChI=1S/C50H91NO6/c1-7-11-15-19-42(20-16-12-8-2)26-34-55-45(52)23-28-48-31-32-49(29-24-47(54)57-36-33-51(5)6)38-44(37-48)39-50(40-48,41-49)30-25-46(53)56-35-27-43(21-17-13-9-3)22-18-14-10-4/h42-44H,7-41H2,1-6H3. The van der Waals surface area contributed by atoms with Gasteiger partial charge in [0.25, 0.3) is 0 Å². The van der Waals surface area contributed by atoms with Crippen molar-refractivity contribution in [3.8, 4) is 0 Å². The van der Waals surface area contributed by atoms with Gasteiger partial charge in [-0.15, -0.1) is 0 Å². The Hall–Kier alpha value is -1.63. The van der Waals surface area contributed by atoms with Gasteiger partial charge in [-0.25, -0.2) is 0 Å². The van der Waals surface area contributed by atoms with Gasteiger partial charge in [0.15, 0.2) is 0 Å². The van der Waals surface area contributed by atoms with E-state index in [4.69, 9.17) is 14.2 Å². The van der Waals surface area contributed by atoms with Gasteiger partial charge in [-0.05, 0) is 125 Å². The van der Waals surface area contributed by atoms with E-state index in [1.54, 1.807) is 0 Å². The number of unbranched alkanes of at least 4 members (excludes halogenated alkanes) is 8. The van der Waals surface area contributed by atoms with Crippen LogP contribution >= 0.6 is 0 Å². The Labute approximate surface area is 351 Å². The van der Waals surface area contributed by atoms with Crippen LogP contribution in [0.4, 0.5) is 0 Å². The third kappa shape index (κ3) is 19.1. The lowest BCUT2D eigenvalue weighted by atomic mass is 9.49. The molecule has 4 rings (SSSR count). The van der Waals surface area contributed by atoms with Crippen LogP contribution < -0.4 is 0 Å². The summed E-state index contributed by atoms with van der Waals surface area (Å²) in [6.07, 6.45) is 34.1. The molecule has 7 heteroatoms. The summed E-state index contributed by atoms with van der Waals surface area (Å²) in [7, 11) is 4.00. The largest absolute Gasteiger partial charge is 0.466 e. The first kappa shape index (κ1) is 49.7. The van der Waals surface area contributed by atoms with Crippen LogP contribution in [0, 0.1) is 34.0 Å². The van der Waals surface area contributed by atoms with Crippen LogP contribution in [0.15, 0.2) is 0 Å². The lowest BCUT2D eigenvalue weighted by Gasteiger charge is -2.56. The molecule has 4 fully saturated rings. The minimum absolute atomic E-state index is 0.0283. The van der Waals surface area contributed by atoms with E-state index in [1.165, 1.54) is 103 Å². The smallest absolute Gasteiger partial charge is 0.305 e. The van der Waals surface area contributed by atoms with Crippen molar-refractivity contribution in [2.24, 2.45) is 34.0 Å². The fraction of sp³-hybridized carbons (Fsp3) is 0.940. The molecule has 0 saturated heterocycles. The Bertz CT molecular complexity index is 1110. The monoisotopic (exact) mass is 802 g/mol. The number of ether oxygens (including phenoxy) is 3. The molecule has 4 saturated carbocycles. The molecular weight excluding hydrogens is 711 g/mol. The third-order valence-electron chi connectivity index (χ3n) is 14.7.